The number of urea groups is 1. The standard InChI is InChI=1S/C14H16ClF3N2O/c15-6-7-19-13(21)20-12(9-4-5-9)10-2-1-3-11(8-10)14(16,17)18/h1-3,8-9,12H,4-7H2,(H2,19,20,21). The lowest BCUT2D eigenvalue weighted by Crippen LogP contribution is -2.39. The molecule has 0 aromatic heterocycles. The Morgan fingerprint density at radius 3 is 2.67 bits per heavy atom. The summed E-state index contributed by atoms with van der Waals surface area (Å²) >= 11 is 5.48. The van der Waals surface area contributed by atoms with E-state index in [2.05, 4.69) is 10.6 Å². The lowest BCUT2D eigenvalue weighted by molar-refractivity contribution is -0.137. The van der Waals surface area contributed by atoms with E-state index in [1.807, 2.05) is 0 Å². The van der Waals surface area contributed by atoms with Gasteiger partial charge in [-0.25, -0.2) is 4.79 Å². The maximum atomic E-state index is 12.8. The number of rotatable bonds is 5. The van der Waals surface area contributed by atoms with Crippen LogP contribution >= 0.6 is 11.6 Å². The highest BCUT2D eigenvalue weighted by Gasteiger charge is 2.36. The summed E-state index contributed by atoms with van der Waals surface area (Å²) in [7, 11) is 0. The van der Waals surface area contributed by atoms with Gasteiger partial charge in [-0.2, -0.15) is 13.2 Å². The molecule has 1 aromatic carbocycles. The Hall–Kier alpha value is -1.43. The van der Waals surface area contributed by atoms with Crippen LogP contribution in [0.1, 0.15) is 30.0 Å². The molecular weight excluding hydrogens is 305 g/mol. The third-order valence-electron chi connectivity index (χ3n) is 3.33. The minimum absolute atomic E-state index is 0.190. The highest BCUT2D eigenvalue weighted by atomic mass is 35.5. The molecule has 2 amide bonds. The van der Waals surface area contributed by atoms with Gasteiger partial charge in [0.2, 0.25) is 0 Å². The molecule has 0 bridgehead atoms. The van der Waals surface area contributed by atoms with E-state index in [1.165, 1.54) is 6.07 Å². The summed E-state index contributed by atoms with van der Waals surface area (Å²) in [4.78, 5) is 11.7. The molecule has 7 heteroatoms. The van der Waals surface area contributed by atoms with E-state index in [4.69, 9.17) is 11.6 Å². The Morgan fingerprint density at radius 2 is 2.10 bits per heavy atom. The Morgan fingerprint density at radius 1 is 1.38 bits per heavy atom. The van der Waals surface area contributed by atoms with Crippen molar-refractivity contribution in [2.75, 3.05) is 12.4 Å². The van der Waals surface area contributed by atoms with Crippen molar-refractivity contribution < 1.29 is 18.0 Å². The number of amides is 2. The summed E-state index contributed by atoms with van der Waals surface area (Å²) in [6.45, 7) is 0.313. The number of benzene rings is 1. The molecule has 1 atom stereocenters. The SMILES string of the molecule is O=C(NCCCl)NC(c1cccc(C(F)(F)F)c1)C1CC1. The smallest absolute Gasteiger partial charge is 0.337 e. The molecule has 0 aliphatic heterocycles. The number of hydrogen-bond acceptors (Lipinski definition) is 1. The van der Waals surface area contributed by atoms with E-state index in [0.717, 1.165) is 25.0 Å². The maximum Gasteiger partial charge on any atom is 0.416 e. The molecule has 2 N–H and O–H groups in total. The number of hydrogen-bond donors (Lipinski definition) is 2. The van der Waals surface area contributed by atoms with Gasteiger partial charge in [0.25, 0.3) is 0 Å². The van der Waals surface area contributed by atoms with E-state index >= 15 is 0 Å². The summed E-state index contributed by atoms with van der Waals surface area (Å²) in [6, 6.07) is 4.30. The van der Waals surface area contributed by atoms with E-state index < -0.39 is 23.8 Å². The molecular formula is C14H16ClF3N2O. The molecule has 2 rings (SSSR count). The summed E-state index contributed by atoms with van der Waals surface area (Å²) in [6.07, 6.45) is -2.58. The Balaban J connectivity index is 2.13. The second-order valence-corrected chi connectivity index (χ2v) is 5.41. The third-order valence-corrected chi connectivity index (χ3v) is 3.52. The zero-order valence-electron chi connectivity index (χ0n) is 11.2. The van der Waals surface area contributed by atoms with Crippen molar-refractivity contribution in [1.82, 2.24) is 10.6 Å². The van der Waals surface area contributed by atoms with Crippen molar-refractivity contribution in [2.24, 2.45) is 5.92 Å². The van der Waals surface area contributed by atoms with Crippen molar-refractivity contribution >= 4 is 17.6 Å². The highest BCUT2D eigenvalue weighted by Crippen LogP contribution is 2.42. The topological polar surface area (TPSA) is 41.1 Å². The van der Waals surface area contributed by atoms with Gasteiger partial charge in [0.1, 0.15) is 0 Å². The fourth-order valence-electron chi connectivity index (χ4n) is 2.16. The van der Waals surface area contributed by atoms with E-state index in [9.17, 15) is 18.0 Å². The minimum Gasteiger partial charge on any atom is -0.337 e. The monoisotopic (exact) mass is 320 g/mol. The minimum atomic E-state index is -4.38. The molecule has 1 fully saturated rings. The fraction of sp³-hybridized carbons (Fsp3) is 0.500. The molecule has 116 valence electrons. The Bertz CT molecular complexity index is 503. The third kappa shape index (κ3) is 4.52. The van der Waals surface area contributed by atoms with E-state index in [0.29, 0.717) is 12.1 Å². The molecule has 1 aromatic rings. The predicted molar refractivity (Wildman–Crippen MR) is 74.2 cm³/mol. The number of carbonyl (C=O) groups is 1. The molecule has 1 unspecified atom stereocenters. The van der Waals surface area contributed by atoms with Gasteiger partial charge in [-0.3, -0.25) is 0 Å². The van der Waals surface area contributed by atoms with E-state index in [1.54, 1.807) is 6.07 Å². The van der Waals surface area contributed by atoms with Gasteiger partial charge < -0.3 is 10.6 Å². The zero-order valence-corrected chi connectivity index (χ0v) is 12.0. The van der Waals surface area contributed by atoms with Crippen LogP contribution in [-0.2, 0) is 6.18 Å². The second kappa shape index (κ2) is 6.56. The molecule has 1 aliphatic carbocycles. The molecule has 3 nitrogen and oxygen atoms in total. The van der Waals surface area contributed by atoms with Crippen LogP contribution in [0.5, 0.6) is 0 Å². The van der Waals surface area contributed by atoms with Crippen LogP contribution < -0.4 is 10.6 Å². The van der Waals surface area contributed by atoms with Gasteiger partial charge in [-0.05, 0) is 36.5 Å². The predicted octanol–water partition coefficient (Wildman–Crippen LogP) is 3.69. The van der Waals surface area contributed by atoms with Crippen molar-refractivity contribution in [3.8, 4) is 0 Å². The highest BCUT2D eigenvalue weighted by molar-refractivity contribution is 6.18. The normalized spacial score (nSPS) is 16.4. The first-order valence-corrected chi connectivity index (χ1v) is 7.22. The lowest BCUT2D eigenvalue weighted by Gasteiger charge is -2.20. The second-order valence-electron chi connectivity index (χ2n) is 5.03. The quantitative estimate of drug-likeness (QED) is 0.798. The van der Waals surface area contributed by atoms with Gasteiger partial charge >= 0.3 is 12.2 Å². The largest absolute Gasteiger partial charge is 0.416 e. The van der Waals surface area contributed by atoms with Gasteiger partial charge in [0.15, 0.2) is 0 Å². The Labute approximate surface area is 125 Å². The lowest BCUT2D eigenvalue weighted by atomic mass is 10.00. The first kappa shape index (κ1) is 15.9. The summed E-state index contributed by atoms with van der Waals surface area (Å²) in [5.41, 5.74) is -0.220. The van der Waals surface area contributed by atoms with Gasteiger partial charge in [-0.15, -0.1) is 11.6 Å². The van der Waals surface area contributed by atoms with Crippen LogP contribution in [0.25, 0.3) is 0 Å². The number of nitrogens with one attached hydrogen (secondary N) is 2. The number of carbonyl (C=O) groups excluding carboxylic acids is 1. The first-order valence-electron chi connectivity index (χ1n) is 6.69. The van der Waals surface area contributed by atoms with Crippen molar-refractivity contribution in [3.63, 3.8) is 0 Å². The average molecular weight is 321 g/mol. The molecule has 21 heavy (non-hydrogen) atoms. The summed E-state index contributed by atoms with van der Waals surface area (Å²) in [5.74, 6) is 0.473. The van der Waals surface area contributed by atoms with Gasteiger partial charge in [-0.1, -0.05) is 12.1 Å². The van der Waals surface area contributed by atoms with Crippen molar-refractivity contribution in [3.05, 3.63) is 35.4 Å². The fourth-order valence-corrected chi connectivity index (χ4v) is 2.26. The van der Waals surface area contributed by atoms with Crippen molar-refractivity contribution in [1.29, 1.82) is 0 Å². The van der Waals surface area contributed by atoms with Crippen LogP contribution in [0.15, 0.2) is 24.3 Å². The van der Waals surface area contributed by atoms with Crippen LogP contribution in [0.4, 0.5) is 18.0 Å². The molecule has 0 saturated heterocycles. The zero-order chi connectivity index (χ0) is 15.5. The average Bonchev–Trinajstić information content (AvgIpc) is 3.26. The van der Waals surface area contributed by atoms with Crippen LogP contribution in [-0.4, -0.2) is 18.5 Å². The van der Waals surface area contributed by atoms with Gasteiger partial charge in [0.05, 0.1) is 11.6 Å². The van der Waals surface area contributed by atoms with Gasteiger partial charge in [0, 0.05) is 12.4 Å². The summed E-state index contributed by atoms with van der Waals surface area (Å²) in [5, 5.41) is 5.29. The molecule has 0 spiro atoms. The number of alkyl halides is 4. The van der Waals surface area contributed by atoms with Crippen LogP contribution in [0, 0.1) is 5.92 Å². The molecule has 1 aliphatic rings. The number of halogens is 4. The van der Waals surface area contributed by atoms with Crippen molar-refractivity contribution in [2.45, 2.75) is 25.1 Å². The summed E-state index contributed by atoms with van der Waals surface area (Å²) < 4.78 is 38.3. The molecule has 0 radical (unpaired) electrons. The van der Waals surface area contributed by atoms with E-state index in [-0.39, 0.29) is 11.8 Å². The Kier molecular flexibility index (Phi) is 4.98. The molecule has 1 saturated carbocycles. The first-order chi connectivity index (χ1) is 9.91. The maximum absolute atomic E-state index is 12.8. The van der Waals surface area contributed by atoms with Crippen LogP contribution in [0.2, 0.25) is 0 Å². The molecule has 0 heterocycles. The van der Waals surface area contributed by atoms with Crippen LogP contribution in [0.3, 0.4) is 0 Å².